The molecule has 0 bridgehead atoms. The van der Waals surface area contributed by atoms with Crippen molar-refractivity contribution in [3.8, 4) is 0 Å². The first-order valence-corrected chi connectivity index (χ1v) is 28.4. The van der Waals surface area contributed by atoms with Crippen molar-refractivity contribution < 1.29 is 72.4 Å². The molecule has 12 nitrogen and oxygen atoms in total. The lowest BCUT2D eigenvalue weighted by molar-refractivity contribution is -0.172. The van der Waals surface area contributed by atoms with Crippen LogP contribution < -0.4 is 0 Å². The highest BCUT2D eigenvalue weighted by Gasteiger charge is 2.33. The predicted octanol–water partition coefficient (Wildman–Crippen LogP) is 11.4. The summed E-state index contributed by atoms with van der Waals surface area (Å²) in [4.78, 5) is 29.5. The summed E-state index contributed by atoms with van der Waals surface area (Å²) in [6.45, 7) is 12.7. The summed E-state index contributed by atoms with van der Waals surface area (Å²) in [7, 11) is -9.96. The Kier molecular flexibility index (Phi) is 29.1. The van der Waals surface area contributed by atoms with Gasteiger partial charge in [-0.25, -0.2) is 44.0 Å². The molecule has 0 aromatic heterocycles. The topological polar surface area (TPSA) is 196 Å². The van der Waals surface area contributed by atoms with Crippen molar-refractivity contribution in [3.63, 3.8) is 0 Å². The second-order valence-electron chi connectivity index (χ2n) is 15.8. The maximum Gasteiger partial charge on any atom is 0.337 e. The summed E-state index contributed by atoms with van der Waals surface area (Å²) in [5.41, 5.74) is 0.503. The van der Waals surface area contributed by atoms with Gasteiger partial charge in [0, 0.05) is 30.6 Å². The van der Waals surface area contributed by atoms with Crippen molar-refractivity contribution in [1.29, 1.82) is 0 Å². The van der Waals surface area contributed by atoms with E-state index in [1.165, 1.54) is 43.2 Å². The second kappa shape index (κ2) is 33.6. The Bertz CT molecular complexity index is 2580. The number of aliphatic hydroxyl groups is 1. The third-order valence-electron chi connectivity index (χ3n) is 9.11. The van der Waals surface area contributed by atoms with Crippen molar-refractivity contribution in [3.05, 3.63) is 219 Å². The van der Waals surface area contributed by atoms with Gasteiger partial charge in [0.2, 0.25) is 0 Å². The third-order valence-corrected chi connectivity index (χ3v) is 15.1. The van der Waals surface area contributed by atoms with Crippen LogP contribution in [0.15, 0.2) is 249 Å². The first-order valence-electron chi connectivity index (χ1n) is 22.8. The number of carbonyl (C=O) groups is 2. The fourth-order valence-corrected chi connectivity index (χ4v) is 11.3. The number of esters is 2. The van der Waals surface area contributed by atoms with Gasteiger partial charge in [0.05, 0.1) is 34.7 Å². The molecule has 0 aliphatic rings. The first-order chi connectivity index (χ1) is 35.8. The van der Waals surface area contributed by atoms with Crippen LogP contribution in [0, 0.1) is 0 Å². The molecule has 20 heteroatoms. The summed E-state index contributed by atoms with van der Waals surface area (Å²) < 4.78 is 124. The molecule has 408 valence electrons. The van der Waals surface area contributed by atoms with Gasteiger partial charge in [-0.3, -0.25) is 0 Å². The average Bonchev–Trinajstić information content (AvgIpc) is 3.35. The average molecular weight is 1130 g/mol. The number of benzene rings is 6. The van der Waals surface area contributed by atoms with Crippen molar-refractivity contribution in [2.75, 3.05) is 24.7 Å². The fraction of sp³-hybridized carbons (Fsp3) is 0.214. The Morgan fingerprint density at radius 1 is 0.553 bits per heavy atom. The van der Waals surface area contributed by atoms with Gasteiger partial charge in [-0.05, 0) is 93.6 Å². The second-order valence-corrected chi connectivity index (χ2v) is 22.7. The van der Waals surface area contributed by atoms with Crippen LogP contribution in [-0.4, -0.2) is 85.8 Å². The van der Waals surface area contributed by atoms with Crippen LogP contribution in [0.3, 0.4) is 0 Å². The van der Waals surface area contributed by atoms with Gasteiger partial charge in [-0.1, -0.05) is 129 Å². The highest BCUT2D eigenvalue weighted by atomic mass is 32.2. The van der Waals surface area contributed by atoms with Gasteiger partial charge in [0.15, 0.2) is 35.7 Å². The Balaban J connectivity index is 0.000000336. The number of hydrogen-bond donors (Lipinski definition) is 1. The van der Waals surface area contributed by atoms with Crippen molar-refractivity contribution in [2.24, 2.45) is 0 Å². The van der Waals surface area contributed by atoms with E-state index in [4.69, 9.17) is 9.84 Å². The van der Waals surface area contributed by atoms with Gasteiger partial charge < -0.3 is 28.4 Å². The molecule has 0 amide bonds. The number of aliphatic hydroxyl groups excluding tert-OH is 1. The lowest BCUT2D eigenvalue weighted by atomic mass is 10.3. The van der Waals surface area contributed by atoms with E-state index in [9.17, 15) is 53.1 Å². The number of halogens is 4. The fourth-order valence-electron chi connectivity index (χ4n) is 5.82. The minimum absolute atomic E-state index is 0.0146. The van der Waals surface area contributed by atoms with Crippen LogP contribution >= 0.6 is 0 Å². The summed E-state index contributed by atoms with van der Waals surface area (Å²) >= 11 is 0. The van der Waals surface area contributed by atoms with Gasteiger partial charge in [0.25, 0.3) is 11.8 Å². The SMILES string of the molecule is C=C(C)C(=O)OC(C)OCCC(F)(F)CS(=O)(=O)[O-].C=COC(=O)C(=C)C.O=S(=O)([O-])CC(F)(F)CCO.c1ccc([S+](c2ccccc2)c2ccccc2)cc1.c1ccc([S+](c2ccccc2)c2ccccc2)cc1. The molecule has 0 aliphatic heterocycles. The lowest BCUT2D eigenvalue weighted by Crippen LogP contribution is -2.30. The molecular formula is C56H60F4O12S4. The van der Waals surface area contributed by atoms with Gasteiger partial charge in [-0.15, -0.1) is 0 Å². The van der Waals surface area contributed by atoms with E-state index in [-0.39, 0.29) is 27.4 Å². The van der Waals surface area contributed by atoms with Gasteiger partial charge in [0.1, 0.15) is 31.7 Å². The Labute approximate surface area is 449 Å². The molecule has 0 radical (unpaired) electrons. The number of ether oxygens (including phenoxy) is 3. The maximum absolute atomic E-state index is 13.0. The molecule has 0 fully saturated rings. The Morgan fingerprint density at radius 3 is 1.03 bits per heavy atom. The van der Waals surface area contributed by atoms with E-state index in [0.717, 1.165) is 6.26 Å². The zero-order valence-electron chi connectivity index (χ0n) is 41.9. The van der Waals surface area contributed by atoms with E-state index >= 15 is 0 Å². The zero-order chi connectivity index (χ0) is 56.8. The van der Waals surface area contributed by atoms with Crippen molar-refractivity contribution >= 4 is 54.0 Å². The van der Waals surface area contributed by atoms with E-state index in [1.54, 1.807) is 6.92 Å². The summed E-state index contributed by atoms with van der Waals surface area (Å²) in [6, 6.07) is 64.3. The number of hydrogen-bond acceptors (Lipinski definition) is 12. The molecule has 1 N–H and O–H groups in total. The van der Waals surface area contributed by atoms with E-state index in [1.807, 2.05) is 0 Å². The smallest absolute Gasteiger partial charge is 0.337 e. The highest BCUT2D eigenvalue weighted by molar-refractivity contribution is 7.97. The van der Waals surface area contributed by atoms with Gasteiger partial charge in [-0.2, -0.15) is 0 Å². The number of alkyl halides is 4. The molecule has 1 unspecified atom stereocenters. The van der Waals surface area contributed by atoms with Crippen LogP contribution in [0.5, 0.6) is 0 Å². The number of carbonyl (C=O) groups excluding carboxylic acids is 2. The quantitative estimate of drug-likeness (QED) is 0.0145. The molecule has 6 aromatic carbocycles. The van der Waals surface area contributed by atoms with Crippen LogP contribution in [0.1, 0.15) is 33.6 Å². The molecule has 1 atom stereocenters. The largest absolute Gasteiger partial charge is 0.748 e. The summed E-state index contributed by atoms with van der Waals surface area (Å²) in [6.07, 6.45) is -1.97. The summed E-state index contributed by atoms with van der Waals surface area (Å²) in [5.74, 6) is -12.0. The minimum Gasteiger partial charge on any atom is -0.748 e. The standard InChI is InChI=1S/2C18H15S.C10H16F2O6S.C6H8O2.C4H8F2O4S/c2*1-4-10-16(11-5-1)19(17-12-6-2-7-13-17)18-14-8-3-9-15-18;1-7(2)9(13)18-8(3)17-5-4-10(11,12)6-19(14,15)16;1-4-8-6(7)5(2)3;5-4(6,1-2-7)3-11(8,9)10/h2*1-15H;8H,1,4-6H2,2-3H3,(H,14,15,16);4H,1-2H2,3H3;7H,1-3H2,(H,8,9,10)/q2*+1;;;/p-2. The lowest BCUT2D eigenvalue weighted by Gasteiger charge is -2.19. The molecule has 0 aliphatic carbocycles. The van der Waals surface area contributed by atoms with Crippen LogP contribution in [-0.2, 0) is 65.8 Å². The molecule has 0 saturated carbocycles. The molecule has 0 spiro atoms. The Morgan fingerprint density at radius 2 is 0.816 bits per heavy atom. The molecule has 0 heterocycles. The molecule has 6 aromatic rings. The number of rotatable bonds is 20. The first kappa shape index (κ1) is 65.8. The summed E-state index contributed by atoms with van der Waals surface area (Å²) in [5, 5.41) is 8.02. The molecule has 0 saturated heterocycles. The Hall–Kier alpha value is -6.36. The highest BCUT2D eigenvalue weighted by Crippen LogP contribution is 2.32. The molecule has 76 heavy (non-hydrogen) atoms. The molecular weight excluding hydrogens is 1070 g/mol. The van der Waals surface area contributed by atoms with E-state index in [2.05, 4.69) is 211 Å². The maximum atomic E-state index is 13.0. The minimum atomic E-state index is -5.02. The van der Waals surface area contributed by atoms with Crippen molar-refractivity contribution in [2.45, 2.75) is 81.1 Å². The van der Waals surface area contributed by atoms with E-state index < -0.39 is 87.9 Å². The monoisotopic (exact) mass is 1130 g/mol. The van der Waals surface area contributed by atoms with Crippen molar-refractivity contribution in [1.82, 2.24) is 0 Å². The zero-order valence-corrected chi connectivity index (χ0v) is 45.2. The predicted molar refractivity (Wildman–Crippen MR) is 286 cm³/mol. The van der Waals surface area contributed by atoms with Crippen LogP contribution in [0.4, 0.5) is 17.6 Å². The van der Waals surface area contributed by atoms with E-state index in [0.29, 0.717) is 5.57 Å². The van der Waals surface area contributed by atoms with Crippen LogP contribution in [0.2, 0.25) is 0 Å². The van der Waals surface area contributed by atoms with Crippen LogP contribution in [0.25, 0.3) is 0 Å². The third kappa shape index (κ3) is 28.0. The normalized spacial score (nSPS) is 11.5. The molecule has 6 rings (SSSR count). The van der Waals surface area contributed by atoms with Gasteiger partial charge >= 0.3 is 11.9 Å².